The van der Waals surface area contributed by atoms with Crippen molar-refractivity contribution >= 4 is 46.3 Å². The van der Waals surface area contributed by atoms with E-state index in [1.807, 2.05) is 24.3 Å². The number of carboxylic acids is 1. The molecule has 2 rings (SSSR count). The molecule has 0 spiro atoms. The number of thioether (sulfide) groups is 1. The summed E-state index contributed by atoms with van der Waals surface area (Å²) in [6.07, 6.45) is 2.72. The first-order chi connectivity index (χ1) is 10.8. The fraction of sp³-hybridized carbons (Fsp3) is 0.353. The molecule has 1 atom stereocenters. The number of amides is 1. The lowest BCUT2D eigenvalue weighted by molar-refractivity contribution is -0.146. The lowest BCUT2D eigenvalue weighted by Crippen LogP contribution is -2.47. The van der Waals surface area contributed by atoms with E-state index in [0.29, 0.717) is 9.23 Å². The van der Waals surface area contributed by atoms with Gasteiger partial charge in [-0.1, -0.05) is 69.0 Å². The summed E-state index contributed by atoms with van der Waals surface area (Å²) in [5.74, 6) is -1.59. The molecule has 0 bridgehead atoms. The number of benzene rings is 1. The number of aliphatic carboxylic acids is 1. The van der Waals surface area contributed by atoms with Crippen molar-refractivity contribution in [3.8, 4) is 0 Å². The summed E-state index contributed by atoms with van der Waals surface area (Å²) >= 11 is 6.38. The van der Waals surface area contributed by atoms with Gasteiger partial charge in [0, 0.05) is 0 Å². The predicted molar refractivity (Wildman–Crippen MR) is 97.1 cm³/mol. The lowest BCUT2D eigenvalue weighted by atomic mass is 10.0. The Morgan fingerprint density at radius 3 is 2.43 bits per heavy atom. The van der Waals surface area contributed by atoms with Crippen molar-refractivity contribution < 1.29 is 14.7 Å². The van der Waals surface area contributed by atoms with E-state index in [-0.39, 0.29) is 11.8 Å². The Hall–Kier alpha value is -1.66. The van der Waals surface area contributed by atoms with Crippen LogP contribution in [0.1, 0.15) is 31.9 Å². The van der Waals surface area contributed by atoms with E-state index in [9.17, 15) is 14.7 Å². The summed E-state index contributed by atoms with van der Waals surface area (Å²) in [6, 6.07) is 6.99. The average Bonchev–Trinajstić information content (AvgIpc) is 2.75. The third-order valence-electron chi connectivity index (χ3n) is 3.67. The van der Waals surface area contributed by atoms with Gasteiger partial charge in [-0.25, -0.2) is 4.79 Å². The van der Waals surface area contributed by atoms with Gasteiger partial charge in [-0.15, -0.1) is 0 Å². The van der Waals surface area contributed by atoms with Crippen LogP contribution >= 0.6 is 24.0 Å². The van der Waals surface area contributed by atoms with Crippen molar-refractivity contribution in [2.24, 2.45) is 5.92 Å². The van der Waals surface area contributed by atoms with Gasteiger partial charge in [-0.05, 0) is 29.5 Å². The quantitative estimate of drug-likeness (QED) is 0.651. The Kier molecular flexibility index (Phi) is 5.59. The molecule has 6 heteroatoms. The molecule has 1 heterocycles. The summed E-state index contributed by atoms with van der Waals surface area (Å²) in [7, 11) is 0. The van der Waals surface area contributed by atoms with Crippen LogP contribution in [-0.4, -0.2) is 32.2 Å². The van der Waals surface area contributed by atoms with Gasteiger partial charge >= 0.3 is 5.97 Å². The molecule has 0 radical (unpaired) electrons. The SMILES string of the molecule is CCc1ccc(C=C2SC(=S)N(C(C(=O)O)C(C)C)C2=O)cc1. The fourth-order valence-electron chi connectivity index (χ4n) is 2.41. The summed E-state index contributed by atoms with van der Waals surface area (Å²) in [5.41, 5.74) is 2.12. The van der Waals surface area contributed by atoms with Crippen molar-refractivity contribution in [3.05, 3.63) is 40.3 Å². The molecule has 1 aromatic carbocycles. The van der Waals surface area contributed by atoms with Crippen molar-refractivity contribution in [2.75, 3.05) is 0 Å². The van der Waals surface area contributed by atoms with Gasteiger partial charge in [0.15, 0.2) is 0 Å². The van der Waals surface area contributed by atoms with E-state index in [1.54, 1.807) is 19.9 Å². The number of aryl methyl sites for hydroxylation is 1. The fourth-order valence-corrected chi connectivity index (χ4v) is 3.74. The van der Waals surface area contributed by atoms with Crippen LogP contribution in [0.4, 0.5) is 0 Å². The Morgan fingerprint density at radius 2 is 1.96 bits per heavy atom. The summed E-state index contributed by atoms with van der Waals surface area (Å²) < 4.78 is 0.299. The highest BCUT2D eigenvalue weighted by atomic mass is 32.2. The summed E-state index contributed by atoms with van der Waals surface area (Å²) in [4.78, 5) is 25.7. The zero-order chi connectivity index (χ0) is 17.1. The minimum absolute atomic E-state index is 0.224. The molecule has 1 aliphatic rings. The van der Waals surface area contributed by atoms with E-state index >= 15 is 0 Å². The van der Waals surface area contributed by atoms with E-state index in [2.05, 4.69) is 6.92 Å². The number of thiocarbonyl (C=S) groups is 1. The van der Waals surface area contributed by atoms with Gasteiger partial charge in [0.25, 0.3) is 5.91 Å². The van der Waals surface area contributed by atoms with Crippen LogP contribution in [-0.2, 0) is 16.0 Å². The maximum Gasteiger partial charge on any atom is 0.327 e. The molecule has 1 N–H and O–H groups in total. The number of carbonyl (C=O) groups excluding carboxylic acids is 1. The molecule has 4 nitrogen and oxygen atoms in total. The molecule has 1 saturated heterocycles. The first-order valence-corrected chi connectivity index (χ1v) is 8.66. The van der Waals surface area contributed by atoms with Gasteiger partial charge in [-0.2, -0.15) is 0 Å². The van der Waals surface area contributed by atoms with Gasteiger partial charge in [0.05, 0.1) is 4.91 Å². The van der Waals surface area contributed by atoms with Gasteiger partial charge in [0.2, 0.25) is 0 Å². The van der Waals surface area contributed by atoms with Crippen LogP contribution < -0.4 is 0 Å². The number of hydrogen-bond acceptors (Lipinski definition) is 4. The Balaban J connectivity index is 2.29. The molecule has 1 aromatic rings. The van der Waals surface area contributed by atoms with Crippen LogP contribution in [0, 0.1) is 5.92 Å². The number of nitrogens with zero attached hydrogens (tertiary/aromatic N) is 1. The molecular formula is C17H19NO3S2. The van der Waals surface area contributed by atoms with Crippen molar-refractivity contribution in [1.82, 2.24) is 4.90 Å². The lowest BCUT2D eigenvalue weighted by Gasteiger charge is -2.26. The standard InChI is InChI=1S/C17H19NO3S2/c1-4-11-5-7-12(8-6-11)9-13-15(19)18(17(22)23-13)14(10(2)3)16(20)21/h5-10,14H,4H2,1-3H3,(H,20,21). The van der Waals surface area contributed by atoms with Crippen LogP contribution in [0.2, 0.25) is 0 Å². The highest BCUT2D eigenvalue weighted by molar-refractivity contribution is 8.26. The molecule has 23 heavy (non-hydrogen) atoms. The monoisotopic (exact) mass is 349 g/mol. The Morgan fingerprint density at radius 1 is 1.35 bits per heavy atom. The normalized spacial score (nSPS) is 18.1. The van der Waals surface area contributed by atoms with Crippen LogP contribution in [0.5, 0.6) is 0 Å². The Labute approximate surface area is 145 Å². The number of carboxylic acid groups (broad SMARTS) is 1. The molecule has 1 amide bonds. The van der Waals surface area contributed by atoms with Crippen LogP contribution in [0.25, 0.3) is 6.08 Å². The summed E-state index contributed by atoms with van der Waals surface area (Å²) in [6.45, 7) is 5.62. The minimum Gasteiger partial charge on any atom is -0.480 e. The van der Waals surface area contributed by atoms with E-state index in [1.165, 1.54) is 10.5 Å². The smallest absolute Gasteiger partial charge is 0.327 e. The second kappa shape index (κ2) is 7.27. The topological polar surface area (TPSA) is 57.6 Å². The zero-order valence-corrected chi connectivity index (χ0v) is 14.9. The van der Waals surface area contributed by atoms with Gasteiger partial charge in [0.1, 0.15) is 10.4 Å². The maximum atomic E-state index is 12.6. The second-order valence-electron chi connectivity index (χ2n) is 5.67. The van der Waals surface area contributed by atoms with Crippen molar-refractivity contribution in [3.63, 3.8) is 0 Å². The zero-order valence-electron chi connectivity index (χ0n) is 13.3. The van der Waals surface area contributed by atoms with E-state index < -0.39 is 12.0 Å². The number of hydrogen-bond donors (Lipinski definition) is 1. The van der Waals surface area contributed by atoms with Crippen molar-refractivity contribution in [1.29, 1.82) is 0 Å². The molecule has 0 saturated carbocycles. The third-order valence-corrected chi connectivity index (χ3v) is 5.00. The molecule has 1 fully saturated rings. The van der Waals surface area contributed by atoms with Crippen LogP contribution in [0.3, 0.4) is 0 Å². The number of rotatable bonds is 5. The van der Waals surface area contributed by atoms with Gasteiger partial charge < -0.3 is 5.11 Å². The average molecular weight is 349 g/mol. The first kappa shape index (κ1) is 17.7. The molecule has 1 unspecified atom stereocenters. The van der Waals surface area contributed by atoms with Gasteiger partial charge in [-0.3, -0.25) is 9.69 Å². The summed E-state index contributed by atoms with van der Waals surface area (Å²) in [5, 5.41) is 9.39. The van der Waals surface area contributed by atoms with E-state index in [4.69, 9.17) is 12.2 Å². The molecule has 122 valence electrons. The minimum atomic E-state index is -1.04. The first-order valence-electron chi connectivity index (χ1n) is 7.44. The predicted octanol–water partition coefficient (Wildman–Crippen LogP) is 3.56. The van der Waals surface area contributed by atoms with Crippen LogP contribution in [0.15, 0.2) is 29.2 Å². The molecule has 0 aromatic heterocycles. The molecular weight excluding hydrogens is 330 g/mol. The van der Waals surface area contributed by atoms with E-state index in [0.717, 1.165) is 23.7 Å². The largest absolute Gasteiger partial charge is 0.480 e. The molecule has 1 aliphatic heterocycles. The second-order valence-corrected chi connectivity index (χ2v) is 7.35. The molecule has 0 aliphatic carbocycles. The number of carbonyl (C=O) groups is 2. The highest BCUT2D eigenvalue weighted by Gasteiger charge is 2.41. The maximum absolute atomic E-state index is 12.6. The highest BCUT2D eigenvalue weighted by Crippen LogP contribution is 2.35. The van der Waals surface area contributed by atoms with Crippen molar-refractivity contribution in [2.45, 2.75) is 33.2 Å². The Bertz CT molecular complexity index is 665. The third kappa shape index (κ3) is 3.82.